The predicted molar refractivity (Wildman–Crippen MR) is 95.7 cm³/mol. The van der Waals surface area contributed by atoms with E-state index in [0.717, 1.165) is 31.1 Å². The van der Waals surface area contributed by atoms with Crippen molar-refractivity contribution in [3.63, 3.8) is 0 Å². The van der Waals surface area contributed by atoms with E-state index in [-0.39, 0.29) is 6.04 Å². The fourth-order valence-corrected chi connectivity index (χ4v) is 3.77. The fraction of sp³-hybridized carbons (Fsp3) is 0.429. The van der Waals surface area contributed by atoms with Gasteiger partial charge in [0, 0.05) is 18.5 Å². The van der Waals surface area contributed by atoms with E-state index in [4.69, 9.17) is 9.47 Å². The highest BCUT2D eigenvalue weighted by molar-refractivity contribution is 5.44. The Bertz CT molecular complexity index is 713. The van der Waals surface area contributed by atoms with Gasteiger partial charge >= 0.3 is 0 Å². The Labute approximate surface area is 144 Å². The van der Waals surface area contributed by atoms with Crippen LogP contribution in [0.25, 0.3) is 0 Å². The van der Waals surface area contributed by atoms with Crippen LogP contribution in [0.3, 0.4) is 0 Å². The molecule has 1 aliphatic heterocycles. The first-order valence-corrected chi connectivity index (χ1v) is 9.04. The Morgan fingerprint density at radius 2 is 1.83 bits per heavy atom. The van der Waals surface area contributed by atoms with Gasteiger partial charge in [-0.2, -0.15) is 0 Å². The summed E-state index contributed by atoms with van der Waals surface area (Å²) >= 11 is 0. The number of nitrogens with one attached hydrogen (secondary N) is 1. The summed E-state index contributed by atoms with van der Waals surface area (Å²) in [5, 5.41) is 3.82. The van der Waals surface area contributed by atoms with Gasteiger partial charge in [-0.15, -0.1) is 0 Å². The van der Waals surface area contributed by atoms with Crippen LogP contribution in [0.5, 0.6) is 11.5 Å². The van der Waals surface area contributed by atoms with E-state index in [1.165, 1.54) is 36.0 Å². The van der Waals surface area contributed by atoms with Gasteiger partial charge in [0.15, 0.2) is 11.5 Å². The van der Waals surface area contributed by atoms with Crippen molar-refractivity contribution in [3.05, 3.63) is 59.2 Å². The molecule has 4 rings (SSSR count). The lowest BCUT2D eigenvalue weighted by Crippen LogP contribution is -2.27. The third-order valence-corrected chi connectivity index (χ3v) is 5.09. The molecule has 24 heavy (non-hydrogen) atoms. The van der Waals surface area contributed by atoms with E-state index in [2.05, 4.69) is 48.6 Å². The predicted octanol–water partition coefficient (Wildman–Crippen LogP) is 4.58. The summed E-state index contributed by atoms with van der Waals surface area (Å²) < 4.78 is 11.6. The second-order valence-electron chi connectivity index (χ2n) is 6.79. The maximum Gasteiger partial charge on any atom is 0.161 e. The number of benzene rings is 2. The highest BCUT2D eigenvalue weighted by Gasteiger charge is 2.22. The minimum atomic E-state index is 0.276. The van der Waals surface area contributed by atoms with Crippen molar-refractivity contribution in [1.29, 1.82) is 0 Å². The molecule has 0 saturated carbocycles. The molecule has 0 amide bonds. The monoisotopic (exact) mass is 323 g/mol. The van der Waals surface area contributed by atoms with E-state index in [9.17, 15) is 0 Å². The zero-order valence-electron chi connectivity index (χ0n) is 14.3. The van der Waals surface area contributed by atoms with E-state index in [1.54, 1.807) is 0 Å². The van der Waals surface area contributed by atoms with Gasteiger partial charge in [0.1, 0.15) is 0 Å². The van der Waals surface area contributed by atoms with E-state index in [1.807, 2.05) is 6.07 Å². The minimum Gasteiger partial charge on any atom is -0.490 e. The molecule has 1 aliphatic carbocycles. The lowest BCUT2D eigenvalue weighted by Gasteiger charge is -2.29. The summed E-state index contributed by atoms with van der Waals surface area (Å²) in [7, 11) is 0. The molecule has 0 saturated heterocycles. The largest absolute Gasteiger partial charge is 0.490 e. The van der Waals surface area contributed by atoms with Gasteiger partial charge in [0.25, 0.3) is 0 Å². The molecule has 3 nitrogen and oxygen atoms in total. The number of hydrogen-bond donors (Lipinski definition) is 1. The van der Waals surface area contributed by atoms with Crippen molar-refractivity contribution in [2.24, 2.45) is 0 Å². The van der Waals surface area contributed by atoms with Gasteiger partial charge in [0.2, 0.25) is 0 Å². The van der Waals surface area contributed by atoms with Crippen LogP contribution < -0.4 is 14.8 Å². The lowest BCUT2D eigenvalue weighted by molar-refractivity contribution is 0.297. The first kappa shape index (κ1) is 15.5. The molecule has 2 atom stereocenters. The number of rotatable bonds is 3. The van der Waals surface area contributed by atoms with Crippen LogP contribution in [-0.2, 0) is 6.42 Å². The maximum absolute atomic E-state index is 5.83. The Morgan fingerprint density at radius 3 is 2.75 bits per heavy atom. The third-order valence-electron chi connectivity index (χ3n) is 5.09. The van der Waals surface area contributed by atoms with Crippen LogP contribution in [0.4, 0.5) is 0 Å². The molecule has 3 heteroatoms. The summed E-state index contributed by atoms with van der Waals surface area (Å²) in [4.78, 5) is 0. The highest BCUT2D eigenvalue weighted by Crippen LogP contribution is 2.35. The first-order valence-electron chi connectivity index (χ1n) is 9.04. The second kappa shape index (κ2) is 6.86. The molecule has 2 unspecified atom stereocenters. The van der Waals surface area contributed by atoms with Crippen molar-refractivity contribution in [1.82, 2.24) is 5.32 Å². The summed E-state index contributed by atoms with van der Waals surface area (Å²) in [6.45, 7) is 3.70. The average molecular weight is 323 g/mol. The summed E-state index contributed by atoms with van der Waals surface area (Å²) in [6.07, 6.45) is 4.60. The molecule has 0 bridgehead atoms. The summed E-state index contributed by atoms with van der Waals surface area (Å²) in [6, 6.07) is 15.9. The van der Waals surface area contributed by atoms with Crippen LogP contribution in [0.2, 0.25) is 0 Å². The molecule has 0 fully saturated rings. The Balaban J connectivity index is 1.53. The Hall–Kier alpha value is -2.00. The average Bonchev–Trinajstić information content (AvgIpc) is 2.86. The standard InChI is InChI=1S/C21H25NO2/c1-15(17-10-11-20-21(14-17)24-13-5-12-23-20)22-19-9-4-7-16-6-2-3-8-18(16)19/h2-3,6,8,10-11,14-15,19,22H,4-5,7,9,12-13H2,1H3. The van der Waals surface area contributed by atoms with E-state index >= 15 is 0 Å². The molecule has 0 aromatic heterocycles. The van der Waals surface area contributed by atoms with Gasteiger partial charge < -0.3 is 14.8 Å². The molecular formula is C21H25NO2. The molecule has 1 heterocycles. The smallest absolute Gasteiger partial charge is 0.161 e. The molecule has 1 N–H and O–H groups in total. The zero-order chi connectivity index (χ0) is 16.4. The first-order chi connectivity index (χ1) is 11.8. The molecular weight excluding hydrogens is 298 g/mol. The van der Waals surface area contributed by atoms with Gasteiger partial charge in [-0.3, -0.25) is 0 Å². The number of ether oxygens (including phenoxy) is 2. The SMILES string of the molecule is CC(NC1CCCc2ccccc21)c1ccc2c(c1)OCCCO2. The molecule has 2 aromatic carbocycles. The highest BCUT2D eigenvalue weighted by atomic mass is 16.5. The number of aryl methyl sites for hydroxylation is 1. The van der Waals surface area contributed by atoms with Crippen LogP contribution in [0.1, 0.15) is 55.0 Å². The van der Waals surface area contributed by atoms with E-state index in [0.29, 0.717) is 6.04 Å². The van der Waals surface area contributed by atoms with Crippen molar-refractivity contribution in [2.45, 2.75) is 44.7 Å². The van der Waals surface area contributed by atoms with Gasteiger partial charge in [-0.25, -0.2) is 0 Å². The maximum atomic E-state index is 5.83. The molecule has 0 radical (unpaired) electrons. The number of hydrogen-bond acceptors (Lipinski definition) is 3. The molecule has 2 aliphatic rings. The third kappa shape index (κ3) is 3.13. The van der Waals surface area contributed by atoms with E-state index < -0.39 is 0 Å². The van der Waals surface area contributed by atoms with Crippen LogP contribution in [0.15, 0.2) is 42.5 Å². The van der Waals surface area contributed by atoms with Gasteiger partial charge in [-0.1, -0.05) is 30.3 Å². The van der Waals surface area contributed by atoms with Crippen molar-refractivity contribution in [2.75, 3.05) is 13.2 Å². The second-order valence-corrected chi connectivity index (χ2v) is 6.79. The Morgan fingerprint density at radius 1 is 1.00 bits per heavy atom. The van der Waals surface area contributed by atoms with Crippen LogP contribution >= 0.6 is 0 Å². The minimum absolute atomic E-state index is 0.276. The molecule has 126 valence electrons. The number of fused-ring (bicyclic) bond motifs is 2. The topological polar surface area (TPSA) is 30.5 Å². The van der Waals surface area contributed by atoms with Crippen LogP contribution in [0, 0.1) is 0 Å². The Kier molecular flexibility index (Phi) is 4.44. The van der Waals surface area contributed by atoms with Gasteiger partial charge in [-0.05, 0) is 55.0 Å². The normalized spacial score (nSPS) is 20.8. The van der Waals surface area contributed by atoms with Gasteiger partial charge in [0.05, 0.1) is 13.2 Å². The molecule has 2 aromatic rings. The summed E-state index contributed by atoms with van der Waals surface area (Å²) in [5.41, 5.74) is 4.21. The van der Waals surface area contributed by atoms with Crippen molar-refractivity contribution in [3.8, 4) is 11.5 Å². The molecule has 0 spiro atoms. The van der Waals surface area contributed by atoms with Crippen molar-refractivity contribution >= 4 is 0 Å². The van der Waals surface area contributed by atoms with Crippen LogP contribution in [-0.4, -0.2) is 13.2 Å². The fourth-order valence-electron chi connectivity index (χ4n) is 3.77. The lowest BCUT2D eigenvalue weighted by atomic mass is 9.87. The zero-order valence-corrected chi connectivity index (χ0v) is 14.3. The van der Waals surface area contributed by atoms with Crippen molar-refractivity contribution < 1.29 is 9.47 Å². The quantitative estimate of drug-likeness (QED) is 0.897. The summed E-state index contributed by atoms with van der Waals surface area (Å²) in [5.74, 6) is 1.74.